The number of aryl methyl sites for hydroxylation is 1. The third kappa shape index (κ3) is 2.45. The molecule has 2 rings (SSSR count). The topological polar surface area (TPSA) is 45.8 Å². The molecular weight excluding hydrogens is 256 g/mol. The SMILES string of the molecule is CC(=O)CCc1nc2ccc(Br)cc2[nH]1. The number of ketones is 1. The third-order valence-corrected chi connectivity index (χ3v) is 2.70. The Morgan fingerprint density at radius 2 is 2.33 bits per heavy atom. The van der Waals surface area contributed by atoms with Crippen molar-refractivity contribution in [3.05, 3.63) is 28.5 Å². The predicted octanol–water partition coefficient (Wildman–Crippen LogP) is 2.85. The van der Waals surface area contributed by atoms with Gasteiger partial charge in [-0.2, -0.15) is 0 Å². The van der Waals surface area contributed by atoms with Gasteiger partial charge in [-0.1, -0.05) is 15.9 Å². The number of aromatic amines is 1. The number of imidazole rings is 1. The predicted molar refractivity (Wildman–Crippen MR) is 62.8 cm³/mol. The standard InChI is InChI=1S/C11H11BrN2O/c1-7(15)2-5-11-13-9-4-3-8(12)6-10(9)14-11/h3-4,6H,2,5H2,1H3,(H,13,14). The van der Waals surface area contributed by atoms with Crippen molar-refractivity contribution < 1.29 is 4.79 Å². The zero-order valence-electron chi connectivity index (χ0n) is 8.38. The number of fused-ring (bicyclic) bond motifs is 1. The summed E-state index contributed by atoms with van der Waals surface area (Å²) < 4.78 is 1.02. The number of rotatable bonds is 3. The third-order valence-electron chi connectivity index (χ3n) is 2.21. The number of nitrogens with one attached hydrogen (secondary N) is 1. The second-order valence-electron chi connectivity index (χ2n) is 3.55. The van der Waals surface area contributed by atoms with Gasteiger partial charge in [0, 0.05) is 17.3 Å². The number of hydrogen-bond acceptors (Lipinski definition) is 2. The first-order valence-corrected chi connectivity index (χ1v) is 5.58. The fraction of sp³-hybridized carbons (Fsp3) is 0.273. The molecule has 0 aliphatic carbocycles. The van der Waals surface area contributed by atoms with Crippen molar-refractivity contribution in [2.24, 2.45) is 0 Å². The number of carbonyl (C=O) groups is 1. The highest BCUT2D eigenvalue weighted by atomic mass is 79.9. The van der Waals surface area contributed by atoms with E-state index in [1.165, 1.54) is 0 Å². The normalized spacial score (nSPS) is 10.8. The van der Waals surface area contributed by atoms with Crippen molar-refractivity contribution in [3.63, 3.8) is 0 Å². The summed E-state index contributed by atoms with van der Waals surface area (Å²) in [5, 5.41) is 0. The summed E-state index contributed by atoms with van der Waals surface area (Å²) in [6.07, 6.45) is 1.22. The Bertz CT molecular complexity index is 504. The minimum absolute atomic E-state index is 0.191. The van der Waals surface area contributed by atoms with Gasteiger partial charge in [0.25, 0.3) is 0 Å². The van der Waals surface area contributed by atoms with Gasteiger partial charge >= 0.3 is 0 Å². The number of halogens is 1. The Balaban J connectivity index is 2.27. The molecule has 0 aliphatic heterocycles. The summed E-state index contributed by atoms with van der Waals surface area (Å²) in [5.74, 6) is 1.06. The molecule has 0 atom stereocenters. The lowest BCUT2D eigenvalue weighted by Crippen LogP contribution is -1.95. The minimum Gasteiger partial charge on any atom is -0.342 e. The summed E-state index contributed by atoms with van der Waals surface area (Å²) in [7, 11) is 0. The van der Waals surface area contributed by atoms with Crippen LogP contribution in [-0.2, 0) is 11.2 Å². The second kappa shape index (κ2) is 4.14. The molecule has 0 bridgehead atoms. The molecule has 0 saturated heterocycles. The van der Waals surface area contributed by atoms with Gasteiger partial charge in [-0.25, -0.2) is 4.98 Å². The van der Waals surface area contributed by atoms with E-state index in [1.807, 2.05) is 18.2 Å². The van der Waals surface area contributed by atoms with Crippen LogP contribution in [0.5, 0.6) is 0 Å². The Labute approximate surface area is 96.0 Å². The number of H-pyrrole nitrogens is 1. The second-order valence-corrected chi connectivity index (χ2v) is 4.46. The first kappa shape index (κ1) is 10.4. The molecule has 1 aromatic heterocycles. The summed E-state index contributed by atoms with van der Waals surface area (Å²) >= 11 is 3.40. The minimum atomic E-state index is 0.191. The molecule has 0 aliphatic rings. The Morgan fingerprint density at radius 1 is 1.53 bits per heavy atom. The molecular formula is C11H11BrN2O. The molecule has 15 heavy (non-hydrogen) atoms. The van der Waals surface area contributed by atoms with Crippen molar-refractivity contribution in [1.29, 1.82) is 0 Å². The zero-order valence-corrected chi connectivity index (χ0v) is 9.97. The smallest absolute Gasteiger partial charge is 0.130 e. The van der Waals surface area contributed by atoms with Gasteiger partial charge in [0.05, 0.1) is 11.0 Å². The highest BCUT2D eigenvalue weighted by molar-refractivity contribution is 9.10. The van der Waals surface area contributed by atoms with E-state index in [9.17, 15) is 4.79 Å². The maximum absolute atomic E-state index is 10.8. The fourth-order valence-corrected chi connectivity index (χ4v) is 1.81. The van der Waals surface area contributed by atoms with Crippen LogP contribution in [0, 0.1) is 0 Å². The molecule has 78 valence electrons. The first-order chi connectivity index (χ1) is 7.15. The average molecular weight is 267 g/mol. The van der Waals surface area contributed by atoms with Crippen LogP contribution in [0.25, 0.3) is 11.0 Å². The average Bonchev–Trinajstić information content (AvgIpc) is 2.56. The van der Waals surface area contributed by atoms with Crippen molar-refractivity contribution >= 4 is 32.7 Å². The highest BCUT2D eigenvalue weighted by Gasteiger charge is 2.03. The molecule has 0 saturated carbocycles. The molecule has 4 heteroatoms. The molecule has 1 heterocycles. The Hall–Kier alpha value is -1.16. The molecule has 3 nitrogen and oxygen atoms in total. The van der Waals surface area contributed by atoms with Gasteiger partial charge in [0.15, 0.2) is 0 Å². The van der Waals surface area contributed by atoms with Gasteiger partial charge in [0.2, 0.25) is 0 Å². The van der Waals surface area contributed by atoms with E-state index in [1.54, 1.807) is 6.92 Å². The number of nitrogens with zero attached hydrogens (tertiary/aromatic N) is 1. The lowest BCUT2D eigenvalue weighted by atomic mass is 10.2. The van der Waals surface area contributed by atoms with Gasteiger partial charge in [-0.15, -0.1) is 0 Å². The fourth-order valence-electron chi connectivity index (χ4n) is 1.45. The number of Topliss-reactive ketones (excluding diaryl/α,β-unsaturated/α-hetero) is 1. The molecule has 0 amide bonds. The molecule has 2 aromatic rings. The van der Waals surface area contributed by atoms with Gasteiger partial charge in [0.1, 0.15) is 11.6 Å². The van der Waals surface area contributed by atoms with Crippen molar-refractivity contribution in [1.82, 2.24) is 9.97 Å². The summed E-state index contributed by atoms with van der Waals surface area (Å²) in [5.41, 5.74) is 1.94. The number of hydrogen-bond donors (Lipinski definition) is 1. The maximum atomic E-state index is 10.8. The van der Waals surface area contributed by atoms with Crippen molar-refractivity contribution in [3.8, 4) is 0 Å². The quantitative estimate of drug-likeness (QED) is 0.929. The first-order valence-electron chi connectivity index (χ1n) is 4.79. The van der Waals surface area contributed by atoms with Crippen LogP contribution >= 0.6 is 15.9 Å². The highest BCUT2D eigenvalue weighted by Crippen LogP contribution is 2.18. The number of benzene rings is 1. The van der Waals surface area contributed by atoms with Gasteiger partial charge < -0.3 is 9.78 Å². The number of aromatic nitrogens is 2. The lowest BCUT2D eigenvalue weighted by molar-refractivity contribution is -0.117. The molecule has 0 radical (unpaired) electrons. The van der Waals surface area contributed by atoms with E-state index in [-0.39, 0.29) is 5.78 Å². The van der Waals surface area contributed by atoms with E-state index in [2.05, 4.69) is 25.9 Å². The Kier molecular flexibility index (Phi) is 2.86. The summed E-state index contributed by atoms with van der Waals surface area (Å²) in [6, 6.07) is 5.89. The van der Waals surface area contributed by atoms with Crippen LogP contribution in [0.1, 0.15) is 19.2 Å². The zero-order chi connectivity index (χ0) is 10.8. The molecule has 0 unspecified atom stereocenters. The van der Waals surface area contributed by atoms with Crippen LogP contribution in [0.4, 0.5) is 0 Å². The van der Waals surface area contributed by atoms with E-state index < -0.39 is 0 Å². The van der Waals surface area contributed by atoms with Gasteiger partial charge in [-0.3, -0.25) is 0 Å². The van der Waals surface area contributed by atoms with E-state index >= 15 is 0 Å². The molecule has 1 N–H and O–H groups in total. The monoisotopic (exact) mass is 266 g/mol. The lowest BCUT2D eigenvalue weighted by Gasteiger charge is -1.91. The summed E-state index contributed by atoms with van der Waals surface area (Å²) in [4.78, 5) is 18.4. The van der Waals surface area contributed by atoms with Crippen LogP contribution in [0.2, 0.25) is 0 Å². The largest absolute Gasteiger partial charge is 0.342 e. The van der Waals surface area contributed by atoms with Crippen molar-refractivity contribution in [2.45, 2.75) is 19.8 Å². The van der Waals surface area contributed by atoms with Gasteiger partial charge in [-0.05, 0) is 25.1 Å². The van der Waals surface area contributed by atoms with Crippen LogP contribution in [-0.4, -0.2) is 15.8 Å². The Morgan fingerprint density at radius 3 is 3.07 bits per heavy atom. The molecule has 1 aromatic carbocycles. The van der Waals surface area contributed by atoms with Crippen LogP contribution < -0.4 is 0 Å². The van der Waals surface area contributed by atoms with E-state index in [0.717, 1.165) is 21.3 Å². The molecule has 0 fully saturated rings. The van der Waals surface area contributed by atoms with Crippen LogP contribution in [0.3, 0.4) is 0 Å². The maximum Gasteiger partial charge on any atom is 0.130 e. The van der Waals surface area contributed by atoms with E-state index in [4.69, 9.17) is 0 Å². The van der Waals surface area contributed by atoms with E-state index in [0.29, 0.717) is 12.8 Å². The molecule has 0 spiro atoms. The summed E-state index contributed by atoms with van der Waals surface area (Å²) in [6.45, 7) is 1.60. The number of carbonyl (C=O) groups excluding carboxylic acids is 1. The van der Waals surface area contributed by atoms with Crippen LogP contribution in [0.15, 0.2) is 22.7 Å². The van der Waals surface area contributed by atoms with Crippen molar-refractivity contribution in [2.75, 3.05) is 0 Å².